The third-order valence-electron chi connectivity index (χ3n) is 3.58. The van der Waals surface area contributed by atoms with Crippen LogP contribution in [0.3, 0.4) is 0 Å². The summed E-state index contributed by atoms with van der Waals surface area (Å²) in [6, 6.07) is 6.16. The number of ether oxygens (including phenoxy) is 1. The topological polar surface area (TPSA) is 38.6 Å². The minimum atomic E-state index is 0.751. The maximum atomic E-state index is 5.38. The second-order valence-corrected chi connectivity index (χ2v) is 4.90. The Kier molecular flexibility index (Phi) is 3.57. The lowest BCUT2D eigenvalue weighted by Crippen LogP contribution is -2.17. The summed E-state index contributed by atoms with van der Waals surface area (Å²) >= 11 is 0. The summed E-state index contributed by atoms with van der Waals surface area (Å²) < 4.78 is 7.30. The fourth-order valence-corrected chi connectivity index (χ4v) is 2.46. The highest BCUT2D eigenvalue weighted by Gasteiger charge is 2.14. The van der Waals surface area contributed by atoms with Crippen molar-refractivity contribution in [3.8, 4) is 0 Å². The quantitative estimate of drug-likeness (QED) is 0.817. The maximum absolute atomic E-state index is 5.38. The first kappa shape index (κ1) is 11.7. The van der Waals surface area contributed by atoms with E-state index in [-0.39, 0.29) is 0 Å². The summed E-state index contributed by atoms with van der Waals surface area (Å²) in [6.07, 6.45) is 6.35. The van der Waals surface area contributed by atoms with Gasteiger partial charge in [-0.1, -0.05) is 6.07 Å². The Hall–Kier alpha value is -1.39. The maximum Gasteiger partial charge on any atom is 0.0706 e. The number of rotatable bonds is 5. The molecule has 0 radical (unpaired) electrons. The standard InChI is InChI=1S/C14H19N3O/c1-2-7-17-14(3-1)13(10-16-17)9-15-6-4-12-5-8-18-11-12/h1-3,7,10,12,15H,4-6,8-9,11H2. The Morgan fingerprint density at radius 2 is 2.44 bits per heavy atom. The van der Waals surface area contributed by atoms with Crippen molar-refractivity contribution in [2.24, 2.45) is 5.92 Å². The van der Waals surface area contributed by atoms with Gasteiger partial charge in [0.1, 0.15) is 0 Å². The molecule has 1 atom stereocenters. The lowest BCUT2D eigenvalue weighted by Gasteiger charge is -2.08. The average molecular weight is 245 g/mol. The fourth-order valence-electron chi connectivity index (χ4n) is 2.46. The van der Waals surface area contributed by atoms with Crippen LogP contribution < -0.4 is 5.32 Å². The van der Waals surface area contributed by atoms with E-state index in [1.807, 2.05) is 23.0 Å². The number of nitrogens with zero attached hydrogens (tertiary/aromatic N) is 2. The molecule has 0 aliphatic carbocycles. The zero-order valence-corrected chi connectivity index (χ0v) is 10.5. The highest BCUT2D eigenvalue weighted by atomic mass is 16.5. The van der Waals surface area contributed by atoms with Crippen LogP contribution in [-0.4, -0.2) is 29.4 Å². The van der Waals surface area contributed by atoms with Crippen LogP contribution >= 0.6 is 0 Å². The molecule has 18 heavy (non-hydrogen) atoms. The largest absolute Gasteiger partial charge is 0.381 e. The summed E-state index contributed by atoms with van der Waals surface area (Å²) in [6.45, 7) is 3.83. The van der Waals surface area contributed by atoms with E-state index in [1.54, 1.807) is 0 Å². The van der Waals surface area contributed by atoms with Gasteiger partial charge in [0, 0.05) is 31.5 Å². The van der Waals surface area contributed by atoms with Crippen LogP contribution in [0.15, 0.2) is 30.6 Å². The highest BCUT2D eigenvalue weighted by Crippen LogP contribution is 2.15. The van der Waals surface area contributed by atoms with Gasteiger partial charge in [0.2, 0.25) is 0 Å². The third-order valence-corrected chi connectivity index (χ3v) is 3.58. The van der Waals surface area contributed by atoms with E-state index in [0.29, 0.717) is 0 Å². The number of nitrogens with one attached hydrogen (secondary N) is 1. The predicted octanol–water partition coefficient (Wildman–Crippen LogP) is 1.85. The first-order valence-electron chi connectivity index (χ1n) is 6.63. The van der Waals surface area contributed by atoms with Crippen LogP contribution in [0.4, 0.5) is 0 Å². The molecular formula is C14H19N3O. The molecule has 0 aromatic carbocycles. The van der Waals surface area contributed by atoms with Crippen LogP contribution in [0.25, 0.3) is 5.52 Å². The SMILES string of the molecule is c1ccn2ncc(CNCCC3CCOC3)c2c1. The number of fused-ring (bicyclic) bond motifs is 1. The van der Waals surface area contributed by atoms with Crippen molar-refractivity contribution in [1.29, 1.82) is 0 Å². The smallest absolute Gasteiger partial charge is 0.0706 e. The Labute approximate surface area is 107 Å². The molecule has 1 N–H and O–H groups in total. The molecule has 96 valence electrons. The minimum absolute atomic E-state index is 0.751. The summed E-state index contributed by atoms with van der Waals surface area (Å²) in [5.74, 6) is 0.751. The molecule has 2 aromatic heterocycles. The van der Waals surface area contributed by atoms with Crippen molar-refractivity contribution < 1.29 is 4.74 Å². The molecule has 1 aliphatic heterocycles. The van der Waals surface area contributed by atoms with Crippen LogP contribution in [0.1, 0.15) is 18.4 Å². The second-order valence-electron chi connectivity index (χ2n) is 4.90. The van der Waals surface area contributed by atoms with Gasteiger partial charge in [-0.15, -0.1) is 0 Å². The lowest BCUT2D eigenvalue weighted by atomic mass is 10.1. The highest BCUT2D eigenvalue weighted by molar-refractivity contribution is 5.53. The second kappa shape index (κ2) is 5.50. The van der Waals surface area contributed by atoms with Gasteiger partial charge in [-0.25, -0.2) is 4.52 Å². The molecular weight excluding hydrogens is 226 g/mol. The zero-order chi connectivity index (χ0) is 12.2. The number of pyridine rings is 1. The summed E-state index contributed by atoms with van der Waals surface area (Å²) in [7, 11) is 0. The molecule has 1 saturated heterocycles. The Morgan fingerprint density at radius 1 is 1.44 bits per heavy atom. The molecule has 1 unspecified atom stereocenters. The van der Waals surface area contributed by atoms with Gasteiger partial charge in [-0.3, -0.25) is 0 Å². The van der Waals surface area contributed by atoms with Crippen molar-refractivity contribution in [2.75, 3.05) is 19.8 Å². The van der Waals surface area contributed by atoms with Gasteiger partial charge < -0.3 is 10.1 Å². The third kappa shape index (κ3) is 2.54. The van der Waals surface area contributed by atoms with E-state index in [4.69, 9.17) is 4.74 Å². The molecule has 1 fully saturated rings. The van der Waals surface area contributed by atoms with E-state index >= 15 is 0 Å². The van der Waals surface area contributed by atoms with Crippen LogP contribution in [-0.2, 0) is 11.3 Å². The van der Waals surface area contributed by atoms with Crippen LogP contribution in [0, 0.1) is 5.92 Å². The molecule has 0 spiro atoms. The zero-order valence-electron chi connectivity index (χ0n) is 10.5. The van der Waals surface area contributed by atoms with Gasteiger partial charge in [-0.2, -0.15) is 5.10 Å². The molecule has 1 aliphatic rings. The van der Waals surface area contributed by atoms with Gasteiger partial charge in [0.25, 0.3) is 0 Å². The van der Waals surface area contributed by atoms with Crippen molar-refractivity contribution in [2.45, 2.75) is 19.4 Å². The number of hydrogen-bond acceptors (Lipinski definition) is 3. The molecule has 0 bridgehead atoms. The lowest BCUT2D eigenvalue weighted by molar-refractivity contribution is 0.184. The van der Waals surface area contributed by atoms with E-state index < -0.39 is 0 Å². The molecule has 4 nitrogen and oxygen atoms in total. The molecule has 0 amide bonds. The average Bonchev–Trinajstić information content (AvgIpc) is 3.04. The molecule has 3 heterocycles. The van der Waals surface area contributed by atoms with Crippen molar-refractivity contribution in [1.82, 2.24) is 14.9 Å². The Morgan fingerprint density at radius 3 is 3.33 bits per heavy atom. The number of hydrogen-bond donors (Lipinski definition) is 1. The van der Waals surface area contributed by atoms with Gasteiger partial charge in [0.15, 0.2) is 0 Å². The van der Waals surface area contributed by atoms with Crippen LogP contribution in [0.2, 0.25) is 0 Å². The van der Waals surface area contributed by atoms with E-state index in [9.17, 15) is 0 Å². The molecule has 3 rings (SSSR count). The van der Waals surface area contributed by atoms with Gasteiger partial charge in [-0.05, 0) is 37.4 Å². The monoisotopic (exact) mass is 245 g/mol. The first-order chi connectivity index (χ1) is 8.93. The minimum Gasteiger partial charge on any atom is -0.381 e. The van der Waals surface area contributed by atoms with E-state index in [1.165, 1.54) is 23.9 Å². The number of aromatic nitrogens is 2. The summed E-state index contributed by atoms with van der Waals surface area (Å²) in [5, 5.41) is 7.83. The van der Waals surface area contributed by atoms with E-state index in [2.05, 4.69) is 22.5 Å². The van der Waals surface area contributed by atoms with Crippen molar-refractivity contribution in [3.05, 3.63) is 36.2 Å². The Bertz CT molecular complexity index is 502. The van der Waals surface area contributed by atoms with E-state index in [0.717, 1.165) is 32.2 Å². The summed E-state index contributed by atoms with van der Waals surface area (Å²) in [5.41, 5.74) is 2.45. The Balaban J connectivity index is 1.50. The van der Waals surface area contributed by atoms with Gasteiger partial charge in [0.05, 0.1) is 11.7 Å². The van der Waals surface area contributed by atoms with Crippen molar-refractivity contribution >= 4 is 5.52 Å². The summed E-state index contributed by atoms with van der Waals surface area (Å²) in [4.78, 5) is 0. The van der Waals surface area contributed by atoms with Crippen LogP contribution in [0.5, 0.6) is 0 Å². The van der Waals surface area contributed by atoms with Gasteiger partial charge >= 0.3 is 0 Å². The van der Waals surface area contributed by atoms with Crippen molar-refractivity contribution in [3.63, 3.8) is 0 Å². The predicted molar refractivity (Wildman–Crippen MR) is 70.4 cm³/mol. The molecule has 4 heteroatoms. The first-order valence-corrected chi connectivity index (χ1v) is 6.63. The molecule has 0 saturated carbocycles. The molecule has 2 aromatic rings. The fraction of sp³-hybridized carbons (Fsp3) is 0.500. The normalized spacial score (nSPS) is 19.7.